The molecule has 0 bridgehead atoms. The van der Waals surface area contributed by atoms with Gasteiger partial charge in [0.05, 0.1) is 10.0 Å². The molecule has 0 N–H and O–H groups in total. The van der Waals surface area contributed by atoms with Crippen molar-refractivity contribution in [2.75, 3.05) is 0 Å². The van der Waals surface area contributed by atoms with Crippen LogP contribution in [0.25, 0.3) is 0 Å². The molecule has 154 valence electrons. The van der Waals surface area contributed by atoms with Gasteiger partial charge >= 0.3 is 0 Å². The van der Waals surface area contributed by atoms with Gasteiger partial charge in [0, 0.05) is 22.7 Å². The van der Waals surface area contributed by atoms with E-state index >= 15 is 0 Å². The fraction of sp³-hybridized carbons (Fsp3) is 0.333. The summed E-state index contributed by atoms with van der Waals surface area (Å²) in [6, 6.07) is 5.96. The van der Waals surface area contributed by atoms with Gasteiger partial charge in [-0.05, 0) is 49.5 Å². The van der Waals surface area contributed by atoms with Gasteiger partial charge in [-0.2, -0.15) is 4.91 Å². The van der Waals surface area contributed by atoms with Gasteiger partial charge in [0.2, 0.25) is 0 Å². The standard InChI is InChI=1S/C24H29ClN2OS/c1-7-10-19(11-8-2)15-27-18(6)20(14-26-28)22(16(3)4)24(27)29-23-17(5)12-9-13-21(23)25/h7-13,16H,1,14-15H2,2-6H3/b11-8-,19-10+. The molecule has 0 saturated carbocycles. The van der Waals surface area contributed by atoms with E-state index in [9.17, 15) is 4.91 Å². The zero-order valence-electron chi connectivity index (χ0n) is 17.8. The van der Waals surface area contributed by atoms with Crippen LogP contribution in [0.1, 0.15) is 49.1 Å². The molecule has 5 heteroatoms. The van der Waals surface area contributed by atoms with E-state index in [0.717, 1.165) is 37.3 Å². The number of halogens is 1. The first-order valence-corrected chi connectivity index (χ1v) is 10.9. The SMILES string of the molecule is C=C/C=C(\C=C/C)Cn1c(C)c(CN=O)c(C(C)C)c1Sc1c(C)cccc1Cl. The van der Waals surface area contributed by atoms with Gasteiger partial charge in [-0.25, -0.2) is 0 Å². The van der Waals surface area contributed by atoms with Crippen molar-refractivity contribution < 1.29 is 0 Å². The molecule has 0 atom stereocenters. The summed E-state index contributed by atoms with van der Waals surface area (Å²) in [4.78, 5) is 12.2. The third-order valence-corrected chi connectivity index (χ3v) is 6.66. The van der Waals surface area contributed by atoms with Crippen LogP contribution in [0.15, 0.2) is 69.8 Å². The predicted molar refractivity (Wildman–Crippen MR) is 126 cm³/mol. The van der Waals surface area contributed by atoms with Crippen molar-refractivity contribution in [3.63, 3.8) is 0 Å². The molecule has 2 rings (SSSR count). The topological polar surface area (TPSA) is 34.4 Å². The van der Waals surface area contributed by atoms with Crippen LogP contribution in [0.5, 0.6) is 0 Å². The van der Waals surface area contributed by atoms with Gasteiger partial charge in [0.25, 0.3) is 0 Å². The van der Waals surface area contributed by atoms with Crippen molar-refractivity contribution in [1.82, 2.24) is 4.57 Å². The normalized spacial score (nSPS) is 12.2. The molecule has 0 spiro atoms. The van der Waals surface area contributed by atoms with Crippen LogP contribution in [-0.4, -0.2) is 4.57 Å². The quantitative estimate of drug-likeness (QED) is 0.299. The Morgan fingerprint density at radius 1 is 1.34 bits per heavy atom. The Bertz CT molecular complexity index is 934. The van der Waals surface area contributed by atoms with E-state index in [1.807, 2.05) is 31.2 Å². The second kappa shape index (κ2) is 10.7. The van der Waals surface area contributed by atoms with Crippen LogP contribution in [0.2, 0.25) is 5.02 Å². The number of benzene rings is 1. The van der Waals surface area contributed by atoms with Gasteiger partial charge in [0.15, 0.2) is 0 Å². The van der Waals surface area contributed by atoms with E-state index in [-0.39, 0.29) is 12.5 Å². The summed E-state index contributed by atoms with van der Waals surface area (Å²) in [5.41, 5.74) is 5.53. The largest absolute Gasteiger partial charge is 0.335 e. The van der Waals surface area contributed by atoms with Gasteiger partial charge in [-0.3, -0.25) is 0 Å². The Morgan fingerprint density at radius 3 is 2.62 bits per heavy atom. The lowest BCUT2D eigenvalue weighted by Gasteiger charge is -2.16. The maximum absolute atomic E-state index is 11.2. The summed E-state index contributed by atoms with van der Waals surface area (Å²) in [6.45, 7) is 15.2. The molecular weight excluding hydrogens is 400 g/mol. The fourth-order valence-corrected chi connectivity index (χ4v) is 5.20. The number of hydrogen-bond donors (Lipinski definition) is 0. The van der Waals surface area contributed by atoms with E-state index in [1.54, 1.807) is 17.8 Å². The maximum Gasteiger partial charge on any atom is 0.108 e. The number of aromatic nitrogens is 1. The molecule has 0 radical (unpaired) electrons. The number of rotatable bonds is 9. The minimum Gasteiger partial charge on any atom is -0.335 e. The van der Waals surface area contributed by atoms with Crippen molar-refractivity contribution >= 4 is 23.4 Å². The lowest BCUT2D eigenvalue weighted by atomic mass is 10.0. The lowest BCUT2D eigenvalue weighted by molar-refractivity contribution is 0.689. The van der Waals surface area contributed by atoms with Crippen LogP contribution < -0.4 is 0 Å². The summed E-state index contributed by atoms with van der Waals surface area (Å²) in [5.74, 6) is 0.255. The Hall–Kier alpha value is -2.04. The van der Waals surface area contributed by atoms with Crippen molar-refractivity contribution in [1.29, 1.82) is 0 Å². The average molecular weight is 429 g/mol. The van der Waals surface area contributed by atoms with Crippen molar-refractivity contribution in [2.45, 2.75) is 63.5 Å². The highest BCUT2D eigenvalue weighted by Gasteiger charge is 2.24. The van der Waals surface area contributed by atoms with E-state index in [0.29, 0.717) is 6.54 Å². The Kier molecular flexibility index (Phi) is 8.54. The first-order valence-electron chi connectivity index (χ1n) is 9.73. The summed E-state index contributed by atoms with van der Waals surface area (Å²) < 4.78 is 2.28. The van der Waals surface area contributed by atoms with Gasteiger partial charge < -0.3 is 4.57 Å². The highest BCUT2D eigenvalue weighted by Crippen LogP contribution is 2.43. The zero-order chi connectivity index (χ0) is 21.6. The molecule has 1 aromatic carbocycles. The van der Waals surface area contributed by atoms with Crippen LogP contribution in [0, 0.1) is 18.8 Å². The predicted octanol–water partition coefficient (Wildman–Crippen LogP) is 7.99. The minimum absolute atomic E-state index is 0.172. The third-order valence-electron chi connectivity index (χ3n) is 4.86. The summed E-state index contributed by atoms with van der Waals surface area (Å²) in [6.07, 6.45) is 7.93. The summed E-state index contributed by atoms with van der Waals surface area (Å²) in [7, 11) is 0. The van der Waals surface area contributed by atoms with E-state index in [2.05, 4.69) is 56.2 Å². The summed E-state index contributed by atoms with van der Waals surface area (Å²) in [5, 5.41) is 5.07. The first-order chi connectivity index (χ1) is 13.8. The molecule has 2 aromatic rings. The number of hydrogen-bond acceptors (Lipinski definition) is 3. The smallest absolute Gasteiger partial charge is 0.108 e. The summed E-state index contributed by atoms with van der Waals surface area (Å²) >= 11 is 8.21. The molecular formula is C24H29ClN2OS. The number of nitroso groups, excluding NO2 is 1. The Balaban J connectivity index is 2.73. The number of aryl methyl sites for hydroxylation is 1. The second-order valence-corrected chi connectivity index (χ2v) is 8.68. The average Bonchev–Trinajstić information content (AvgIpc) is 2.91. The molecule has 0 aliphatic heterocycles. The molecule has 0 amide bonds. The molecule has 29 heavy (non-hydrogen) atoms. The number of nitrogens with zero attached hydrogens (tertiary/aromatic N) is 2. The maximum atomic E-state index is 11.2. The molecule has 3 nitrogen and oxygen atoms in total. The molecule has 1 aromatic heterocycles. The fourth-order valence-electron chi connectivity index (χ4n) is 3.50. The Morgan fingerprint density at radius 2 is 2.07 bits per heavy atom. The third kappa shape index (κ3) is 5.31. The van der Waals surface area contributed by atoms with Crippen LogP contribution in [0.4, 0.5) is 0 Å². The van der Waals surface area contributed by atoms with Crippen molar-refractivity contribution in [3.05, 3.63) is 87.0 Å². The second-order valence-electron chi connectivity index (χ2n) is 7.28. The number of allylic oxidation sites excluding steroid dienone is 5. The van der Waals surface area contributed by atoms with Gasteiger partial charge in [-0.15, -0.1) is 0 Å². The van der Waals surface area contributed by atoms with Crippen LogP contribution >= 0.6 is 23.4 Å². The molecule has 0 unspecified atom stereocenters. The molecule has 1 heterocycles. The van der Waals surface area contributed by atoms with Gasteiger partial charge in [0.1, 0.15) is 6.54 Å². The molecule has 0 fully saturated rings. The monoisotopic (exact) mass is 428 g/mol. The molecule has 0 saturated heterocycles. The highest BCUT2D eigenvalue weighted by molar-refractivity contribution is 7.99. The van der Waals surface area contributed by atoms with Crippen LogP contribution in [0.3, 0.4) is 0 Å². The Labute approximate surface area is 183 Å². The highest BCUT2D eigenvalue weighted by atomic mass is 35.5. The molecule has 0 aliphatic carbocycles. The van der Waals surface area contributed by atoms with E-state index in [4.69, 9.17) is 11.6 Å². The van der Waals surface area contributed by atoms with Crippen molar-refractivity contribution in [2.24, 2.45) is 5.18 Å². The van der Waals surface area contributed by atoms with E-state index in [1.165, 1.54) is 5.56 Å². The van der Waals surface area contributed by atoms with E-state index < -0.39 is 0 Å². The first kappa shape index (κ1) is 23.2. The lowest BCUT2D eigenvalue weighted by Crippen LogP contribution is -2.05. The van der Waals surface area contributed by atoms with Crippen LogP contribution in [-0.2, 0) is 13.1 Å². The zero-order valence-corrected chi connectivity index (χ0v) is 19.4. The van der Waals surface area contributed by atoms with Crippen molar-refractivity contribution in [3.8, 4) is 0 Å². The molecule has 0 aliphatic rings. The van der Waals surface area contributed by atoms with Gasteiger partial charge in [-0.1, -0.05) is 85.4 Å². The minimum atomic E-state index is 0.172.